The third-order valence-electron chi connectivity index (χ3n) is 5.30. The van der Waals surface area contributed by atoms with Crippen LogP contribution in [-0.2, 0) is 22.6 Å². The van der Waals surface area contributed by atoms with Gasteiger partial charge in [0.15, 0.2) is 0 Å². The highest BCUT2D eigenvalue weighted by Gasteiger charge is 2.47. The van der Waals surface area contributed by atoms with Crippen LogP contribution < -0.4 is 5.32 Å². The first-order chi connectivity index (χ1) is 12.5. The van der Waals surface area contributed by atoms with Crippen LogP contribution in [0.15, 0.2) is 42.5 Å². The summed E-state index contributed by atoms with van der Waals surface area (Å²) in [6, 6.07) is 12.5. The first-order valence-electron chi connectivity index (χ1n) is 8.96. The van der Waals surface area contributed by atoms with E-state index >= 15 is 0 Å². The largest absolute Gasteiger partial charge is 0.338 e. The van der Waals surface area contributed by atoms with Crippen molar-refractivity contribution in [3.05, 3.63) is 65.0 Å². The fourth-order valence-corrected chi connectivity index (χ4v) is 3.93. The average Bonchev–Trinajstić information content (AvgIpc) is 3.41. The molecule has 4 rings (SSSR count). The van der Waals surface area contributed by atoms with Gasteiger partial charge < -0.3 is 10.2 Å². The van der Waals surface area contributed by atoms with Crippen LogP contribution in [0.4, 0.5) is 10.1 Å². The molecule has 2 aromatic carbocycles. The van der Waals surface area contributed by atoms with Crippen LogP contribution >= 0.6 is 0 Å². The van der Waals surface area contributed by atoms with Crippen molar-refractivity contribution >= 4 is 17.5 Å². The van der Waals surface area contributed by atoms with Crippen molar-refractivity contribution in [3.8, 4) is 0 Å². The Bertz CT molecular complexity index is 880. The molecule has 1 fully saturated rings. The maximum Gasteiger partial charge on any atom is 0.226 e. The van der Waals surface area contributed by atoms with Crippen LogP contribution in [0.2, 0.25) is 0 Å². The van der Waals surface area contributed by atoms with Crippen molar-refractivity contribution in [1.82, 2.24) is 4.90 Å². The van der Waals surface area contributed by atoms with E-state index in [2.05, 4.69) is 5.32 Å². The smallest absolute Gasteiger partial charge is 0.226 e. The van der Waals surface area contributed by atoms with Crippen LogP contribution in [0.5, 0.6) is 0 Å². The number of fused-ring (bicyclic) bond motifs is 1. The second kappa shape index (κ2) is 6.56. The molecule has 2 atom stereocenters. The minimum atomic E-state index is -0.225. The number of halogens is 1. The summed E-state index contributed by atoms with van der Waals surface area (Å²) in [7, 11) is 0. The summed E-state index contributed by atoms with van der Waals surface area (Å²) in [5.41, 5.74) is 3.65. The van der Waals surface area contributed by atoms with Crippen molar-refractivity contribution in [3.63, 3.8) is 0 Å². The van der Waals surface area contributed by atoms with Gasteiger partial charge in [0.2, 0.25) is 11.8 Å². The number of carbonyl (C=O) groups is 2. The van der Waals surface area contributed by atoms with Crippen molar-refractivity contribution < 1.29 is 14.0 Å². The zero-order valence-corrected chi connectivity index (χ0v) is 14.7. The average molecular weight is 352 g/mol. The minimum Gasteiger partial charge on any atom is -0.338 e. The monoisotopic (exact) mass is 352 g/mol. The van der Waals surface area contributed by atoms with E-state index in [1.807, 2.05) is 29.2 Å². The molecule has 0 saturated heterocycles. The highest BCUT2D eigenvalue weighted by molar-refractivity contribution is 5.90. The molecular formula is C21H21FN2O2. The first-order valence-corrected chi connectivity index (χ1v) is 8.96. The van der Waals surface area contributed by atoms with Gasteiger partial charge in [-0.1, -0.05) is 30.3 Å². The van der Waals surface area contributed by atoms with Crippen LogP contribution in [-0.4, -0.2) is 23.3 Å². The van der Waals surface area contributed by atoms with E-state index in [-0.39, 0.29) is 29.5 Å². The molecule has 0 bridgehead atoms. The highest BCUT2D eigenvalue weighted by atomic mass is 19.1. The standard InChI is InChI=1S/C21H21FN2O2/c1-13(25)23-20-8-4-5-14-12-24(10-9-15(14)20)21(26)18-11-17(18)16-6-2-3-7-19(16)22/h2-8,17-18H,9-12H2,1H3,(H,23,25)/t17-,18+/m0/s1. The van der Waals surface area contributed by atoms with Crippen LogP contribution in [0.25, 0.3) is 0 Å². The van der Waals surface area contributed by atoms with E-state index < -0.39 is 0 Å². The second-order valence-electron chi connectivity index (χ2n) is 7.10. The molecule has 2 amide bonds. The molecule has 0 unspecified atom stereocenters. The molecule has 0 aromatic heterocycles. The number of anilines is 1. The Kier molecular flexibility index (Phi) is 4.23. The molecule has 1 saturated carbocycles. The van der Waals surface area contributed by atoms with Crippen molar-refractivity contribution in [2.45, 2.75) is 32.2 Å². The Hall–Kier alpha value is -2.69. The summed E-state index contributed by atoms with van der Waals surface area (Å²) in [6.07, 6.45) is 1.43. The summed E-state index contributed by atoms with van der Waals surface area (Å²) in [5.74, 6) is -0.337. The summed E-state index contributed by atoms with van der Waals surface area (Å²) in [4.78, 5) is 26.1. The summed E-state index contributed by atoms with van der Waals surface area (Å²) >= 11 is 0. The Morgan fingerprint density at radius 1 is 1.15 bits per heavy atom. The van der Waals surface area contributed by atoms with E-state index in [0.717, 1.165) is 23.2 Å². The van der Waals surface area contributed by atoms with E-state index in [1.165, 1.54) is 13.0 Å². The van der Waals surface area contributed by atoms with Crippen LogP contribution in [0.1, 0.15) is 36.0 Å². The zero-order chi connectivity index (χ0) is 18.3. The van der Waals surface area contributed by atoms with E-state index in [9.17, 15) is 14.0 Å². The summed E-state index contributed by atoms with van der Waals surface area (Å²) in [6.45, 7) is 2.67. The Balaban J connectivity index is 1.47. The lowest BCUT2D eigenvalue weighted by Gasteiger charge is -2.30. The number of nitrogens with one attached hydrogen (secondary N) is 1. The van der Waals surface area contributed by atoms with Gasteiger partial charge in [0, 0.05) is 31.6 Å². The molecule has 1 heterocycles. The third kappa shape index (κ3) is 3.09. The molecule has 2 aliphatic rings. The molecule has 1 N–H and O–H groups in total. The molecule has 0 radical (unpaired) electrons. The SMILES string of the molecule is CC(=O)Nc1cccc2c1CCN(C(=O)[C@@H]1C[C@H]1c1ccccc1F)C2. The van der Waals surface area contributed by atoms with Gasteiger partial charge in [0.25, 0.3) is 0 Å². The van der Waals surface area contributed by atoms with Gasteiger partial charge in [-0.05, 0) is 47.6 Å². The summed E-state index contributed by atoms with van der Waals surface area (Å²) < 4.78 is 13.9. The Labute approximate surface area is 152 Å². The fraction of sp³-hybridized carbons (Fsp3) is 0.333. The molecule has 26 heavy (non-hydrogen) atoms. The van der Waals surface area contributed by atoms with Gasteiger partial charge in [-0.2, -0.15) is 0 Å². The lowest BCUT2D eigenvalue weighted by Crippen LogP contribution is -2.37. The topological polar surface area (TPSA) is 49.4 Å². The molecule has 1 aliphatic heterocycles. The second-order valence-corrected chi connectivity index (χ2v) is 7.10. The van der Waals surface area contributed by atoms with Crippen molar-refractivity contribution in [2.75, 3.05) is 11.9 Å². The van der Waals surface area contributed by atoms with Gasteiger partial charge in [0.05, 0.1) is 0 Å². The van der Waals surface area contributed by atoms with Crippen molar-refractivity contribution in [1.29, 1.82) is 0 Å². The fourth-order valence-electron chi connectivity index (χ4n) is 3.93. The number of hydrogen-bond acceptors (Lipinski definition) is 2. The maximum atomic E-state index is 13.9. The molecule has 2 aromatic rings. The Morgan fingerprint density at radius 2 is 1.96 bits per heavy atom. The van der Waals surface area contributed by atoms with Gasteiger partial charge in [-0.3, -0.25) is 9.59 Å². The molecular weight excluding hydrogens is 331 g/mol. The van der Waals surface area contributed by atoms with Crippen molar-refractivity contribution in [2.24, 2.45) is 5.92 Å². The predicted octanol–water partition coefficient (Wildman–Crippen LogP) is 3.47. The molecule has 4 nitrogen and oxygen atoms in total. The third-order valence-corrected chi connectivity index (χ3v) is 5.30. The quantitative estimate of drug-likeness (QED) is 0.919. The Morgan fingerprint density at radius 3 is 2.73 bits per heavy atom. The number of amides is 2. The molecule has 1 aliphatic carbocycles. The lowest BCUT2D eigenvalue weighted by atomic mass is 9.97. The minimum absolute atomic E-state index is 0.00388. The number of hydrogen-bond donors (Lipinski definition) is 1. The number of rotatable bonds is 3. The normalized spacial score (nSPS) is 21.1. The van der Waals surface area contributed by atoms with Gasteiger partial charge in [0.1, 0.15) is 5.82 Å². The first kappa shape index (κ1) is 16.8. The van der Waals surface area contributed by atoms with E-state index in [4.69, 9.17) is 0 Å². The highest BCUT2D eigenvalue weighted by Crippen LogP contribution is 2.49. The van der Waals surface area contributed by atoms with E-state index in [0.29, 0.717) is 25.1 Å². The van der Waals surface area contributed by atoms with Gasteiger partial charge in [-0.25, -0.2) is 4.39 Å². The predicted molar refractivity (Wildman–Crippen MR) is 97.1 cm³/mol. The van der Waals surface area contributed by atoms with Gasteiger partial charge in [-0.15, -0.1) is 0 Å². The molecule has 5 heteroatoms. The zero-order valence-electron chi connectivity index (χ0n) is 14.7. The van der Waals surface area contributed by atoms with Gasteiger partial charge >= 0.3 is 0 Å². The van der Waals surface area contributed by atoms with Crippen LogP contribution in [0.3, 0.4) is 0 Å². The molecule has 134 valence electrons. The maximum absolute atomic E-state index is 13.9. The van der Waals surface area contributed by atoms with E-state index in [1.54, 1.807) is 12.1 Å². The number of nitrogens with zero attached hydrogens (tertiary/aromatic N) is 1. The number of carbonyl (C=O) groups excluding carboxylic acids is 2. The molecule has 0 spiro atoms. The van der Waals surface area contributed by atoms with Crippen LogP contribution in [0, 0.1) is 11.7 Å². The number of benzene rings is 2. The lowest BCUT2D eigenvalue weighted by molar-refractivity contribution is -0.133. The summed E-state index contributed by atoms with van der Waals surface area (Å²) in [5, 5.41) is 2.86.